The van der Waals surface area contributed by atoms with Crippen molar-refractivity contribution in [3.05, 3.63) is 27.1 Å². The summed E-state index contributed by atoms with van der Waals surface area (Å²) >= 11 is 1.61. The van der Waals surface area contributed by atoms with Crippen LogP contribution in [0.3, 0.4) is 0 Å². The third-order valence-electron chi connectivity index (χ3n) is 3.68. The Balaban J connectivity index is 2.23. The molecule has 0 radical (unpaired) electrons. The summed E-state index contributed by atoms with van der Waals surface area (Å²) in [5, 5.41) is 4.35. The summed E-state index contributed by atoms with van der Waals surface area (Å²) in [7, 11) is 5.59. The number of thiophene rings is 1. The van der Waals surface area contributed by atoms with Crippen LogP contribution in [0.5, 0.6) is 0 Å². The predicted octanol–water partition coefficient (Wildman–Crippen LogP) is 2.26. The predicted molar refractivity (Wildman–Crippen MR) is 76.7 cm³/mol. The molecule has 5 heteroatoms. The van der Waals surface area contributed by atoms with Crippen molar-refractivity contribution in [3.8, 4) is 11.3 Å². The molecule has 2 heterocycles. The van der Waals surface area contributed by atoms with Gasteiger partial charge in [-0.05, 0) is 30.9 Å². The SMILES string of the molecule is Cc1sc(C(=O)N(C)C)c2c1-c1c(cnn1C)CC2. The maximum Gasteiger partial charge on any atom is 0.263 e. The molecule has 4 nitrogen and oxygen atoms in total. The third-order valence-corrected chi connectivity index (χ3v) is 4.81. The van der Waals surface area contributed by atoms with E-state index in [1.165, 1.54) is 27.3 Å². The number of rotatable bonds is 1. The van der Waals surface area contributed by atoms with Crippen molar-refractivity contribution in [2.45, 2.75) is 19.8 Å². The van der Waals surface area contributed by atoms with Crippen LogP contribution in [0.1, 0.15) is 25.7 Å². The highest BCUT2D eigenvalue weighted by Crippen LogP contribution is 2.42. The van der Waals surface area contributed by atoms with Crippen molar-refractivity contribution in [2.75, 3.05) is 14.1 Å². The lowest BCUT2D eigenvalue weighted by Gasteiger charge is -2.17. The molecule has 0 atom stereocenters. The zero-order chi connectivity index (χ0) is 13.7. The van der Waals surface area contributed by atoms with E-state index in [1.54, 1.807) is 16.2 Å². The average molecular weight is 275 g/mol. The molecular formula is C14H17N3OS. The highest BCUT2D eigenvalue weighted by atomic mass is 32.1. The monoisotopic (exact) mass is 275 g/mol. The van der Waals surface area contributed by atoms with Gasteiger partial charge in [0.2, 0.25) is 0 Å². The molecule has 0 saturated heterocycles. The summed E-state index contributed by atoms with van der Waals surface area (Å²) in [5.74, 6) is 0.111. The Bertz CT molecular complexity index is 667. The first kappa shape index (κ1) is 12.4. The zero-order valence-electron chi connectivity index (χ0n) is 11.6. The highest BCUT2D eigenvalue weighted by Gasteiger charge is 2.29. The third kappa shape index (κ3) is 1.72. The average Bonchev–Trinajstić information content (AvgIpc) is 2.90. The minimum Gasteiger partial charge on any atom is -0.344 e. The smallest absolute Gasteiger partial charge is 0.263 e. The van der Waals surface area contributed by atoms with E-state index in [0.29, 0.717) is 0 Å². The van der Waals surface area contributed by atoms with Crippen LogP contribution in [0.4, 0.5) is 0 Å². The number of fused-ring (bicyclic) bond motifs is 3. The first-order valence-electron chi connectivity index (χ1n) is 6.36. The van der Waals surface area contributed by atoms with Crippen molar-refractivity contribution >= 4 is 17.2 Å². The van der Waals surface area contributed by atoms with Gasteiger partial charge in [-0.15, -0.1) is 11.3 Å². The van der Waals surface area contributed by atoms with Crippen LogP contribution in [-0.4, -0.2) is 34.7 Å². The Labute approximate surface area is 116 Å². The molecule has 0 bridgehead atoms. The number of hydrogen-bond donors (Lipinski definition) is 0. The summed E-state index contributed by atoms with van der Waals surface area (Å²) in [6.07, 6.45) is 3.86. The quantitative estimate of drug-likeness (QED) is 0.800. The molecule has 0 aromatic carbocycles. The van der Waals surface area contributed by atoms with Gasteiger partial charge >= 0.3 is 0 Å². The molecule has 3 rings (SSSR count). The van der Waals surface area contributed by atoms with Crippen LogP contribution >= 0.6 is 11.3 Å². The Morgan fingerprint density at radius 1 is 1.42 bits per heavy atom. The van der Waals surface area contributed by atoms with Gasteiger partial charge in [-0.3, -0.25) is 9.48 Å². The van der Waals surface area contributed by atoms with Crippen LogP contribution < -0.4 is 0 Å². The number of aryl methyl sites for hydroxylation is 3. The molecular weight excluding hydrogens is 258 g/mol. The molecule has 19 heavy (non-hydrogen) atoms. The summed E-state index contributed by atoms with van der Waals surface area (Å²) in [6, 6.07) is 0. The Morgan fingerprint density at radius 3 is 2.84 bits per heavy atom. The first-order chi connectivity index (χ1) is 9.00. The van der Waals surface area contributed by atoms with Crippen LogP contribution in [0.2, 0.25) is 0 Å². The number of carbonyl (C=O) groups excluding carboxylic acids is 1. The molecule has 2 aromatic heterocycles. The first-order valence-corrected chi connectivity index (χ1v) is 7.17. The van der Waals surface area contributed by atoms with Gasteiger partial charge in [0, 0.05) is 31.6 Å². The second kappa shape index (κ2) is 4.20. The number of nitrogens with zero attached hydrogens (tertiary/aromatic N) is 3. The minimum absolute atomic E-state index is 0.111. The molecule has 100 valence electrons. The Kier molecular flexibility index (Phi) is 2.74. The molecule has 1 aliphatic carbocycles. The topological polar surface area (TPSA) is 38.1 Å². The van der Waals surface area contributed by atoms with Gasteiger partial charge in [0.1, 0.15) is 0 Å². The summed E-state index contributed by atoms with van der Waals surface area (Å²) in [4.78, 5) is 16.0. The zero-order valence-corrected chi connectivity index (χ0v) is 12.5. The van der Waals surface area contributed by atoms with E-state index in [-0.39, 0.29) is 5.91 Å². The number of amides is 1. The summed E-state index contributed by atoms with van der Waals surface area (Å²) in [6.45, 7) is 2.10. The van der Waals surface area contributed by atoms with Gasteiger partial charge in [0.25, 0.3) is 5.91 Å². The molecule has 1 aliphatic rings. The molecule has 0 spiro atoms. The number of aromatic nitrogens is 2. The summed E-state index contributed by atoms with van der Waals surface area (Å²) in [5.41, 5.74) is 4.92. The largest absolute Gasteiger partial charge is 0.344 e. The van der Waals surface area contributed by atoms with Gasteiger partial charge in [-0.1, -0.05) is 0 Å². The maximum absolute atomic E-state index is 12.3. The summed E-state index contributed by atoms with van der Waals surface area (Å²) < 4.78 is 1.93. The van der Waals surface area contributed by atoms with Gasteiger partial charge in [0.05, 0.1) is 16.8 Å². The second-order valence-electron chi connectivity index (χ2n) is 5.18. The van der Waals surface area contributed by atoms with E-state index in [4.69, 9.17) is 0 Å². The Morgan fingerprint density at radius 2 is 2.16 bits per heavy atom. The molecule has 0 unspecified atom stereocenters. The fourth-order valence-electron chi connectivity index (χ4n) is 2.76. The van der Waals surface area contributed by atoms with Crippen molar-refractivity contribution in [1.29, 1.82) is 0 Å². The van der Waals surface area contributed by atoms with E-state index in [0.717, 1.165) is 17.7 Å². The molecule has 0 N–H and O–H groups in total. The lowest BCUT2D eigenvalue weighted by Crippen LogP contribution is -2.22. The fourth-order valence-corrected chi connectivity index (χ4v) is 3.99. The van der Waals surface area contributed by atoms with E-state index in [9.17, 15) is 4.79 Å². The van der Waals surface area contributed by atoms with Crippen molar-refractivity contribution in [3.63, 3.8) is 0 Å². The van der Waals surface area contributed by atoms with Crippen LogP contribution in [-0.2, 0) is 19.9 Å². The van der Waals surface area contributed by atoms with E-state index >= 15 is 0 Å². The normalized spacial score (nSPS) is 13.1. The van der Waals surface area contributed by atoms with Crippen molar-refractivity contribution in [2.24, 2.45) is 7.05 Å². The van der Waals surface area contributed by atoms with Crippen LogP contribution in [0, 0.1) is 6.92 Å². The second-order valence-corrected chi connectivity index (χ2v) is 6.41. The maximum atomic E-state index is 12.3. The molecule has 2 aromatic rings. The van der Waals surface area contributed by atoms with E-state index in [1.807, 2.05) is 32.0 Å². The lowest BCUT2D eigenvalue weighted by atomic mass is 9.90. The van der Waals surface area contributed by atoms with Gasteiger partial charge < -0.3 is 4.90 Å². The van der Waals surface area contributed by atoms with Crippen LogP contribution in [0.15, 0.2) is 6.20 Å². The number of hydrogen-bond acceptors (Lipinski definition) is 3. The van der Waals surface area contributed by atoms with Crippen molar-refractivity contribution in [1.82, 2.24) is 14.7 Å². The molecule has 1 amide bonds. The van der Waals surface area contributed by atoms with E-state index in [2.05, 4.69) is 12.0 Å². The van der Waals surface area contributed by atoms with Gasteiger partial charge in [-0.2, -0.15) is 5.10 Å². The van der Waals surface area contributed by atoms with Gasteiger partial charge in [-0.25, -0.2) is 0 Å². The number of carbonyl (C=O) groups is 1. The van der Waals surface area contributed by atoms with Crippen molar-refractivity contribution < 1.29 is 4.79 Å². The molecule has 0 aliphatic heterocycles. The lowest BCUT2D eigenvalue weighted by molar-refractivity contribution is 0.0831. The van der Waals surface area contributed by atoms with E-state index < -0.39 is 0 Å². The Hall–Kier alpha value is -1.62. The van der Waals surface area contributed by atoms with Crippen LogP contribution in [0.25, 0.3) is 11.3 Å². The minimum atomic E-state index is 0.111. The fraction of sp³-hybridized carbons (Fsp3) is 0.429. The van der Waals surface area contributed by atoms with Gasteiger partial charge in [0.15, 0.2) is 0 Å². The molecule has 0 saturated carbocycles. The highest BCUT2D eigenvalue weighted by molar-refractivity contribution is 7.14. The molecule has 0 fully saturated rings. The standard InChI is InChI=1S/C14H17N3OS/c1-8-11-10(13(19-8)14(18)16(2)3)6-5-9-7-15-17(4)12(9)11/h7H,5-6H2,1-4H3.